The smallest absolute Gasteiger partial charge is 0.240 e. The van der Waals surface area contributed by atoms with Crippen molar-refractivity contribution in [1.29, 1.82) is 0 Å². The zero-order valence-corrected chi connectivity index (χ0v) is 18.0. The molecule has 1 aliphatic heterocycles. The fourth-order valence-corrected chi connectivity index (χ4v) is 3.94. The van der Waals surface area contributed by atoms with Gasteiger partial charge >= 0.3 is 0 Å². The van der Waals surface area contributed by atoms with Crippen molar-refractivity contribution in [3.63, 3.8) is 0 Å². The number of ether oxygens (including phenoxy) is 1. The largest absolute Gasteiger partial charge is 0.378 e. The van der Waals surface area contributed by atoms with E-state index in [0.717, 1.165) is 35.6 Å². The second kappa shape index (κ2) is 10.3. The van der Waals surface area contributed by atoms with Gasteiger partial charge in [0.25, 0.3) is 0 Å². The van der Waals surface area contributed by atoms with E-state index in [9.17, 15) is 4.79 Å². The number of rotatable bonds is 7. The Morgan fingerprint density at radius 2 is 1.55 bits per heavy atom. The molecule has 0 aliphatic carbocycles. The van der Waals surface area contributed by atoms with Crippen LogP contribution in [0.5, 0.6) is 0 Å². The van der Waals surface area contributed by atoms with Gasteiger partial charge in [-0.2, -0.15) is 0 Å². The predicted octanol–water partition coefficient (Wildman–Crippen LogP) is 4.49. The van der Waals surface area contributed by atoms with Crippen LogP contribution in [-0.2, 0) is 9.53 Å². The molecule has 1 heterocycles. The Labute approximate surface area is 188 Å². The molecule has 0 radical (unpaired) electrons. The Bertz CT molecular complexity index is 953. The van der Waals surface area contributed by atoms with E-state index in [1.165, 1.54) is 0 Å². The maximum Gasteiger partial charge on any atom is 0.240 e. The first-order chi connectivity index (χ1) is 15.2. The Kier molecular flexibility index (Phi) is 7.07. The summed E-state index contributed by atoms with van der Waals surface area (Å²) < 4.78 is 5.46. The van der Waals surface area contributed by atoms with Crippen LogP contribution in [0.1, 0.15) is 17.2 Å². The van der Waals surface area contributed by atoms with Crippen LogP contribution in [0.25, 0.3) is 0 Å². The van der Waals surface area contributed by atoms with Gasteiger partial charge < -0.3 is 20.3 Å². The van der Waals surface area contributed by atoms with Crippen LogP contribution in [0.3, 0.4) is 0 Å². The minimum absolute atomic E-state index is 0.0920. The minimum atomic E-state index is -0.213. The van der Waals surface area contributed by atoms with Gasteiger partial charge in [0.15, 0.2) is 0 Å². The highest BCUT2D eigenvalue weighted by Crippen LogP contribution is 2.30. The molecule has 2 N–H and O–H groups in total. The van der Waals surface area contributed by atoms with Gasteiger partial charge in [0.2, 0.25) is 5.91 Å². The second-order valence-corrected chi connectivity index (χ2v) is 7.87. The summed E-state index contributed by atoms with van der Waals surface area (Å²) in [5.41, 5.74) is 3.96. The highest BCUT2D eigenvalue weighted by molar-refractivity contribution is 6.31. The molecular formula is C25H26ClN3O2. The highest BCUT2D eigenvalue weighted by atomic mass is 35.5. The molecule has 4 rings (SSSR count). The van der Waals surface area contributed by atoms with E-state index in [1.54, 1.807) is 0 Å². The lowest BCUT2D eigenvalue weighted by molar-refractivity contribution is -0.119. The number of nitrogens with zero attached hydrogens (tertiary/aromatic N) is 1. The third-order valence-corrected chi connectivity index (χ3v) is 5.56. The average molecular weight is 436 g/mol. The first-order valence-electron chi connectivity index (χ1n) is 10.5. The Morgan fingerprint density at radius 3 is 2.16 bits per heavy atom. The lowest BCUT2D eigenvalue weighted by atomic mass is 9.99. The van der Waals surface area contributed by atoms with Crippen molar-refractivity contribution in [2.45, 2.75) is 6.04 Å². The van der Waals surface area contributed by atoms with Gasteiger partial charge in [-0.15, -0.1) is 0 Å². The molecule has 0 atom stereocenters. The van der Waals surface area contributed by atoms with Gasteiger partial charge in [-0.25, -0.2) is 0 Å². The fraction of sp³-hybridized carbons (Fsp3) is 0.240. The molecule has 1 aliphatic rings. The zero-order chi connectivity index (χ0) is 21.5. The molecule has 3 aromatic carbocycles. The molecule has 160 valence electrons. The van der Waals surface area contributed by atoms with Gasteiger partial charge in [0.1, 0.15) is 0 Å². The maximum absolute atomic E-state index is 12.9. The molecule has 3 aromatic rings. The number of amides is 1. The Morgan fingerprint density at radius 1 is 0.935 bits per heavy atom. The van der Waals surface area contributed by atoms with E-state index in [2.05, 4.69) is 15.5 Å². The van der Waals surface area contributed by atoms with E-state index in [1.807, 2.05) is 78.9 Å². The summed E-state index contributed by atoms with van der Waals surface area (Å²) in [6, 6.07) is 25.5. The van der Waals surface area contributed by atoms with Gasteiger partial charge in [0, 0.05) is 18.1 Å². The van der Waals surface area contributed by atoms with E-state index in [0.29, 0.717) is 18.2 Å². The van der Waals surface area contributed by atoms with Crippen molar-refractivity contribution in [3.05, 3.63) is 95.0 Å². The number of benzene rings is 3. The molecule has 0 unspecified atom stereocenters. The van der Waals surface area contributed by atoms with Crippen molar-refractivity contribution in [2.24, 2.45) is 0 Å². The van der Waals surface area contributed by atoms with Crippen molar-refractivity contribution < 1.29 is 9.53 Å². The lowest BCUT2D eigenvalue weighted by Gasteiger charge is -2.31. The summed E-state index contributed by atoms with van der Waals surface area (Å²) in [7, 11) is 0. The number of carbonyl (C=O) groups is 1. The minimum Gasteiger partial charge on any atom is -0.378 e. The number of anilines is 2. The molecule has 6 heteroatoms. The summed E-state index contributed by atoms with van der Waals surface area (Å²) >= 11 is 6.23. The van der Waals surface area contributed by atoms with Crippen LogP contribution in [0.4, 0.5) is 11.4 Å². The molecule has 31 heavy (non-hydrogen) atoms. The van der Waals surface area contributed by atoms with E-state index in [-0.39, 0.29) is 18.5 Å². The SMILES string of the molecule is O=C(CNc1cc(Cl)ccc1N1CCOCC1)NC(c1ccccc1)c1ccccc1. The van der Waals surface area contributed by atoms with Crippen LogP contribution in [-0.4, -0.2) is 38.8 Å². The maximum atomic E-state index is 12.9. The van der Waals surface area contributed by atoms with Gasteiger partial charge in [0.05, 0.1) is 37.2 Å². The molecule has 0 bridgehead atoms. The van der Waals surface area contributed by atoms with Gasteiger partial charge in [-0.1, -0.05) is 72.3 Å². The Balaban J connectivity index is 1.47. The molecule has 0 spiro atoms. The zero-order valence-electron chi connectivity index (χ0n) is 17.3. The summed E-state index contributed by atoms with van der Waals surface area (Å²) in [6.07, 6.45) is 0. The number of nitrogens with one attached hydrogen (secondary N) is 2. The van der Waals surface area contributed by atoms with Crippen molar-refractivity contribution in [2.75, 3.05) is 43.1 Å². The summed E-state index contributed by atoms with van der Waals surface area (Å²) in [6.45, 7) is 3.16. The third-order valence-electron chi connectivity index (χ3n) is 5.32. The number of morpholine rings is 1. The van der Waals surface area contributed by atoms with E-state index >= 15 is 0 Å². The molecule has 0 saturated carbocycles. The van der Waals surface area contributed by atoms with Crippen LogP contribution in [0.15, 0.2) is 78.9 Å². The van der Waals surface area contributed by atoms with E-state index < -0.39 is 0 Å². The normalized spacial score (nSPS) is 13.8. The molecule has 5 nitrogen and oxygen atoms in total. The van der Waals surface area contributed by atoms with Crippen LogP contribution >= 0.6 is 11.6 Å². The second-order valence-electron chi connectivity index (χ2n) is 7.44. The van der Waals surface area contributed by atoms with Crippen LogP contribution in [0, 0.1) is 0 Å². The van der Waals surface area contributed by atoms with Crippen molar-refractivity contribution in [3.8, 4) is 0 Å². The number of halogens is 1. The number of carbonyl (C=O) groups excluding carboxylic acids is 1. The highest BCUT2D eigenvalue weighted by Gasteiger charge is 2.18. The van der Waals surface area contributed by atoms with Crippen LogP contribution < -0.4 is 15.5 Å². The lowest BCUT2D eigenvalue weighted by Crippen LogP contribution is -2.37. The predicted molar refractivity (Wildman–Crippen MR) is 126 cm³/mol. The molecule has 1 amide bonds. The molecular weight excluding hydrogens is 410 g/mol. The number of hydrogen-bond acceptors (Lipinski definition) is 4. The quantitative estimate of drug-likeness (QED) is 0.574. The van der Waals surface area contributed by atoms with Crippen LogP contribution in [0.2, 0.25) is 5.02 Å². The topological polar surface area (TPSA) is 53.6 Å². The summed E-state index contributed by atoms with van der Waals surface area (Å²) in [5.74, 6) is -0.0920. The molecule has 0 aromatic heterocycles. The first-order valence-corrected chi connectivity index (χ1v) is 10.8. The van der Waals surface area contributed by atoms with Gasteiger partial charge in [-0.3, -0.25) is 4.79 Å². The Hall–Kier alpha value is -3.02. The number of hydrogen-bond donors (Lipinski definition) is 2. The fourth-order valence-electron chi connectivity index (χ4n) is 3.77. The molecule has 1 fully saturated rings. The first kappa shape index (κ1) is 21.2. The van der Waals surface area contributed by atoms with Crippen molar-refractivity contribution in [1.82, 2.24) is 5.32 Å². The van der Waals surface area contributed by atoms with E-state index in [4.69, 9.17) is 16.3 Å². The summed E-state index contributed by atoms with van der Waals surface area (Å²) in [5, 5.41) is 7.08. The van der Waals surface area contributed by atoms with Gasteiger partial charge in [-0.05, 0) is 29.3 Å². The average Bonchev–Trinajstić information content (AvgIpc) is 2.83. The summed E-state index contributed by atoms with van der Waals surface area (Å²) in [4.78, 5) is 15.2. The standard InChI is InChI=1S/C25H26ClN3O2/c26-21-11-12-23(29-13-15-31-16-14-29)22(17-21)27-18-24(30)28-25(19-7-3-1-4-8-19)20-9-5-2-6-10-20/h1-12,17,25,27H,13-16,18H2,(H,28,30). The monoisotopic (exact) mass is 435 g/mol. The van der Waals surface area contributed by atoms with Crippen molar-refractivity contribution >= 4 is 28.9 Å². The molecule has 1 saturated heterocycles. The third kappa shape index (κ3) is 5.57.